The third kappa shape index (κ3) is 2.76. The summed E-state index contributed by atoms with van der Waals surface area (Å²) in [7, 11) is 0. The number of anilines is 2. The highest BCUT2D eigenvalue weighted by Crippen LogP contribution is 2.30. The number of amides is 2. The third-order valence-corrected chi connectivity index (χ3v) is 4.93. The van der Waals surface area contributed by atoms with Crippen molar-refractivity contribution in [2.24, 2.45) is 0 Å². The number of aromatic nitrogens is 1. The minimum atomic E-state index is -0.651. The van der Waals surface area contributed by atoms with Crippen molar-refractivity contribution in [1.82, 2.24) is 9.88 Å². The van der Waals surface area contributed by atoms with E-state index in [1.54, 1.807) is 18.2 Å². The van der Waals surface area contributed by atoms with Gasteiger partial charge >= 0.3 is 0 Å². The molecule has 9 heteroatoms. The van der Waals surface area contributed by atoms with Gasteiger partial charge in [0.15, 0.2) is 5.78 Å². The number of benzene rings is 1. The molecule has 2 aliphatic rings. The Morgan fingerprint density at radius 2 is 1.79 bits per heavy atom. The van der Waals surface area contributed by atoms with Gasteiger partial charge in [0.25, 0.3) is 17.4 Å². The van der Waals surface area contributed by atoms with Crippen molar-refractivity contribution in [1.29, 1.82) is 0 Å². The lowest BCUT2D eigenvalue weighted by atomic mass is 10.1. The van der Waals surface area contributed by atoms with Crippen LogP contribution in [0.5, 0.6) is 0 Å². The first-order valence-electron chi connectivity index (χ1n) is 8.77. The molecule has 1 fully saturated rings. The molecule has 0 bridgehead atoms. The van der Waals surface area contributed by atoms with Gasteiger partial charge in [-0.15, -0.1) is 0 Å². The van der Waals surface area contributed by atoms with E-state index in [1.807, 2.05) is 4.90 Å². The molecule has 3 N–H and O–H groups in total. The molecule has 1 saturated heterocycles. The summed E-state index contributed by atoms with van der Waals surface area (Å²) in [4.78, 5) is 50.8. The molecule has 1 aromatic carbocycles. The van der Waals surface area contributed by atoms with E-state index in [0.29, 0.717) is 43.2 Å². The summed E-state index contributed by atoms with van der Waals surface area (Å²) in [5.41, 5.74) is 7.00. The quantitative estimate of drug-likeness (QED) is 0.579. The average Bonchev–Trinajstić information content (AvgIpc) is 2.96. The lowest BCUT2D eigenvalue weighted by Crippen LogP contribution is -2.37. The minimum absolute atomic E-state index is 0.0363. The normalized spacial score (nSPS) is 16.1. The van der Waals surface area contributed by atoms with Gasteiger partial charge < -0.3 is 15.4 Å². The molecular formula is C19H18N4O5. The van der Waals surface area contributed by atoms with Crippen LogP contribution in [0.25, 0.3) is 5.69 Å². The van der Waals surface area contributed by atoms with Gasteiger partial charge in [-0.05, 0) is 25.1 Å². The zero-order chi connectivity index (χ0) is 20.0. The van der Waals surface area contributed by atoms with Crippen LogP contribution in [0.4, 0.5) is 11.5 Å². The molecule has 0 unspecified atom stereocenters. The van der Waals surface area contributed by atoms with Gasteiger partial charge in [0.05, 0.1) is 35.7 Å². The standard InChI is InChI=1S/C19H18N4O5/c1-10(24)11-2-3-13(22-4-6-28-7-5-22)14(8-11)23-15(25)9-12-16(17(23)20)19(27)21-18(12)26/h2-3,8-9H,4-7,20H2,1H3,(H,21,26,27). The molecular weight excluding hydrogens is 364 g/mol. The third-order valence-electron chi connectivity index (χ3n) is 4.93. The van der Waals surface area contributed by atoms with Gasteiger partial charge in [0, 0.05) is 24.7 Å². The number of imide groups is 1. The van der Waals surface area contributed by atoms with Gasteiger partial charge in [-0.1, -0.05) is 0 Å². The molecule has 0 saturated carbocycles. The number of morpholine rings is 1. The fraction of sp³-hybridized carbons (Fsp3) is 0.263. The molecule has 0 aliphatic carbocycles. The number of ether oxygens (including phenoxy) is 1. The van der Waals surface area contributed by atoms with Crippen molar-refractivity contribution < 1.29 is 19.1 Å². The zero-order valence-electron chi connectivity index (χ0n) is 15.2. The fourth-order valence-corrected chi connectivity index (χ4v) is 3.52. The van der Waals surface area contributed by atoms with E-state index >= 15 is 0 Å². The van der Waals surface area contributed by atoms with Crippen LogP contribution in [0.3, 0.4) is 0 Å². The Morgan fingerprint density at radius 1 is 1.07 bits per heavy atom. The van der Waals surface area contributed by atoms with Crippen LogP contribution >= 0.6 is 0 Å². The monoisotopic (exact) mass is 382 g/mol. The van der Waals surface area contributed by atoms with Crippen molar-refractivity contribution in [2.45, 2.75) is 6.92 Å². The number of ketones is 1. The maximum atomic E-state index is 12.8. The largest absolute Gasteiger partial charge is 0.384 e. The lowest BCUT2D eigenvalue weighted by molar-refractivity contribution is 0.0879. The summed E-state index contributed by atoms with van der Waals surface area (Å²) >= 11 is 0. The zero-order valence-corrected chi connectivity index (χ0v) is 15.2. The number of carbonyl (C=O) groups excluding carboxylic acids is 3. The van der Waals surface area contributed by atoms with Gasteiger partial charge in [0.1, 0.15) is 5.82 Å². The molecule has 2 amide bonds. The molecule has 0 spiro atoms. The van der Waals surface area contributed by atoms with Crippen molar-refractivity contribution in [3.05, 3.63) is 51.3 Å². The minimum Gasteiger partial charge on any atom is -0.384 e. The number of nitrogens with two attached hydrogens (primary N) is 1. The Hall–Kier alpha value is -3.46. The van der Waals surface area contributed by atoms with Gasteiger partial charge in [-0.25, -0.2) is 0 Å². The van der Waals surface area contributed by atoms with Crippen molar-refractivity contribution in [3.63, 3.8) is 0 Å². The van der Waals surface area contributed by atoms with Gasteiger partial charge in [-0.2, -0.15) is 0 Å². The number of rotatable bonds is 3. The van der Waals surface area contributed by atoms with Crippen LogP contribution in [0, 0.1) is 0 Å². The first kappa shape index (κ1) is 17.9. The van der Waals surface area contributed by atoms with E-state index in [0.717, 1.165) is 6.07 Å². The maximum absolute atomic E-state index is 12.8. The van der Waals surface area contributed by atoms with Crippen molar-refractivity contribution in [3.8, 4) is 5.69 Å². The Kier molecular flexibility index (Phi) is 4.23. The van der Waals surface area contributed by atoms with E-state index in [4.69, 9.17) is 10.5 Å². The van der Waals surface area contributed by atoms with Crippen molar-refractivity contribution >= 4 is 29.1 Å². The first-order chi connectivity index (χ1) is 13.4. The second-order valence-electron chi connectivity index (χ2n) is 6.63. The predicted octanol–water partition coefficient (Wildman–Crippen LogP) is 0.343. The van der Waals surface area contributed by atoms with E-state index in [1.165, 1.54) is 11.5 Å². The number of Topliss-reactive ketones (excluding diaryl/α,β-unsaturated/α-hetero) is 1. The maximum Gasteiger partial charge on any atom is 0.262 e. The Labute approximate surface area is 159 Å². The summed E-state index contributed by atoms with van der Waals surface area (Å²) in [6.45, 7) is 3.68. The molecule has 144 valence electrons. The molecule has 1 aromatic heterocycles. The van der Waals surface area contributed by atoms with Gasteiger partial charge in [0.2, 0.25) is 0 Å². The van der Waals surface area contributed by atoms with E-state index in [2.05, 4.69) is 5.32 Å². The topological polar surface area (TPSA) is 124 Å². The van der Waals surface area contributed by atoms with Crippen LogP contribution in [0.1, 0.15) is 38.0 Å². The molecule has 3 heterocycles. The number of nitrogens with one attached hydrogen (secondary N) is 1. The molecule has 4 rings (SSSR count). The smallest absolute Gasteiger partial charge is 0.262 e. The van der Waals surface area contributed by atoms with E-state index < -0.39 is 17.4 Å². The van der Waals surface area contributed by atoms with Crippen LogP contribution in [0.15, 0.2) is 29.1 Å². The first-order valence-corrected chi connectivity index (χ1v) is 8.77. The number of hydrogen-bond donors (Lipinski definition) is 2. The number of pyridine rings is 1. The number of fused-ring (bicyclic) bond motifs is 1. The predicted molar refractivity (Wildman–Crippen MR) is 101 cm³/mol. The summed E-state index contributed by atoms with van der Waals surface area (Å²) in [5.74, 6) is -1.61. The highest BCUT2D eigenvalue weighted by molar-refractivity contribution is 6.23. The number of nitrogen functional groups attached to an aromatic ring is 1. The SMILES string of the molecule is CC(=O)c1ccc(N2CCOCC2)c(-n2c(N)c3c(cc2=O)C(=O)NC3=O)c1. The van der Waals surface area contributed by atoms with Gasteiger partial charge in [-0.3, -0.25) is 29.1 Å². The number of carbonyl (C=O) groups is 3. The Bertz CT molecular complexity index is 1080. The van der Waals surface area contributed by atoms with E-state index in [-0.39, 0.29) is 22.7 Å². The summed E-state index contributed by atoms with van der Waals surface area (Å²) in [5, 5.41) is 2.15. The highest BCUT2D eigenvalue weighted by Gasteiger charge is 2.32. The fourth-order valence-electron chi connectivity index (χ4n) is 3.52. The van der Waals surface area contributed by atoms with Crippen LogP contribution in [-0.2, 0) is 4.74 Å². The molecule has 9 nitrogen and oxygen atoms in total. The molecule has 28 heavy (non-hydrogen) atoms. The lowest BCUT2D eigenvalue weighted by Gasteiger charge is -2.31. The average molecular weight is 382 g/mol. The molecule has 2 aromatic rings. The molecule has 0 radical (unpaired) electrons. The summed E-state index contributed by atoms with van der Waals surface area (Å²) in [6.07, 6.45) is 0. The van der Waals surface area contributed by atoms with Crippen LogP contribution in [0.2, 0.25) is 0 Å². The number of hydrogen-bond acceptors (Lipinski definition) is 7. The Morgan fingerprint density at radius 3 is 2.46 bits per heavy atom. The molecule has 2 aliphatic heterocycles. The van der Waals surface area contributed by atoms with Crippen molar-refractivity contribution in [2.75, 3.05) is 36.9 Å². The summed E-state index contributed by atoms with van der Waals surface area (Å²) < 4.78 is 6.56. The summed E-state index contributed by atoms with van der Waals surface area (Å²) in [6, 6.07) is 6.10. The van der Waals surface area contributed by atoms with E-state index in [9.17, 15) is 19.2 Å². The Balaban J connectivity index is 1.98. The van der Waals surface area contributed by atoms with Crippen LogP contribution < -0.4 is 21.5 Å². The second-order valence-corrected chi connectivity index (χ2v) is 6.63. The van der Waals surface area contributed by atoms with Crippen LogP contribution in [-0.4, -0.2) is 48.5 Å². The molecule has 0 atom stereocenters. The highest BCUT2D eigenvalue weighted by atomic mass is 16.5. The number of nitrogens with zero attached hydrogens (tertiary/aromatic N) is 2. The second kappa shape index (κ2) is 6.61.